The third-order valence-corrected chi connectivity index (χ3v) is 3.89. The lowest BCUT2D eigenvalue weighted by Gasteiger charge is -2.34. The second-order valence-corrected chi connectivity index (χ2v) is 5.27. The number of rotatable bonds is 3. The normalized spacial score (nSPS) is 17.4. The minimum Gasteiger partial charge on any atom is -0.399 e. The van der Waals surface area contributed by atoms with E-state index >= 15 is 0 Å². The van der Waals surface area contributed by atoms with Crippen LogP contribution in [0.25, 0.3) is 0 Å². The van der Waals surface area contributed by atoms with Crippen molar-refractivity contribution in [2.75, 3.05) is 23.7 Å². The van der Waals surface area contributed by atoms with Gasteiger partial charge in [0.25, 0.3) is 0 Å². The first-order valence-electron chi connectivity index (χ1n) is 6.81. The van der Waals surface area contributed by atoms with E-state index in [0.717, 1.165) is 11.6 Å². The standard InChI is InChI=1S/C15H24N2/c1-3-4-13-7-9-17(10-8-13)15-11-14(16)6-5-12(15)2/h5-6,11,13H,3-4,7-10,16H2,1-2H3. The maximum atomic E-state index is 5.88. The Morgan fingerprint density at radius 2 is 2.00 bits per heavy atom. The Labute approximate surface area is 105 Å². The molecule has 0 bridgehead atoms. The summed E-state index contributed by atoms with van der Waals surface area (Å²) in [6.45, 7) is 6.84. The SMILES string of the molecule is CCCC1CCN(c2cc(N)ccc2C)CC1. The van der Waals surface area contributed by atoms with E-state index in [-0.39, 0.29) is 0 Å². The highest BCUT2D eigenvalue weighted by atomic mass is 15.1. The Bertz CT molecular complexity index is 365. The van der Waals surface area contributed by atoms with Crippen LogP contribution in [-0.2, 0) is 0 Å². The van der Waals surface area contributed by atoms with Crippen LogP contribution in [0.15, 0.2) is 18.2 Å². The third kappa shape index (κ3) is 2.93. The van der Waals surface area contributed by atoms with E-state index in [4.69, 9.17) is 5.73 Å². The van der Waals surface area contributed by atoms with Crippen molar-refractivity contribution in [2.24, 2.45) is 5.92 Å². The molecular weight excluding hydrogens is 208 g/mol. The molecule has 0 unspecified atom stereocenters. The van der Waals surface area contributed by atoms with Gasteiger partial charge in [-0.25, -0.2) is 0 Å². The molecule has 0 amide bonds. The van der Waals surface area contributed by atoms with Gasteiger partial charge in [0, 0.05) is 24.5 Å². The number of nitrogens with two attached hydrogens (primary N) is 1. The predicted molar refractivity (Wildman–Crippen MR) is 75.4 cm³/mol. The van der Waals surface area contributed by atoms with Crippen LogP contribution in [0, 0.1) is 12.8 Å². The first kappa shape index (κ1) is 12.3. The first-order chi connectivity index (χ1) is 8.20. The molecule has 1 aromatic carbocycles. The maximum Gasteiger partial charge on any atom is 0.0416 e. The van der Waals surface area contributed by atoms with Gasteiger partial charge in [-0.15, -0.1) is 0 Å². The van der Waals surface area contributed by atoms with Crippen molar-refractivity contribution in [3.63, 3.8) is 0 Å². The Hall–Kier alpha value is -1.18. The molecule has 2 N–H and O–H groups in total. The maximum absolute atomic E-state index is 5.88. The van der Waals surface area contributed by atoms with E-state index in [1.807, 2.05) is 6.07 Å². The molecule has 0 radical (unpaired) electrons. The molecular formula is C15H24N2. The van der Waals surface area contributed by atoms with Gasteiger partial charge < -0.3 is 10.6 Å². The summed E-state index contributed by atoms with van der Waals surface area (Å²) < 4.78 is 0. The minimum atomic E-state index is 0.876. The van der Waals surface area contributed by atoms with E-state index in [2.05, 4.69) is 30.9 Å². The van der Waals surface area contributed by atoms with E-state index in [1.165, 1.54) is 50.0 Å². The highest BCUT2D eigenvalue weighted by molar-refractivity contribution is 5.61. The second-order valence-electron chi connectivity index (χ2n) is 5.27. The number of hydrogen-bond acceptors (Lipinski definition) is 2. The molecule has 17 heavy (non-hydrogen) atoms. The van der Waals surface area contributed by atoms with Crippen LogP contribution in [0.2, 0.25) is 0 Å². The largest absolute Gasteiger partial charge is 0.399 e. The molecule has 0 spiro atoms. The van der Waals surface area contributed by atoms with Crippen LogP contribution < -0.4 is 10.6 Å². The molecule has 94 valence electrons. The van der Waals surface area contributed by atoms with Crippen LogP contribution in [-0.4, -0.2) is 13.1 Å². The molecule has 2 rings (SSSR count). The Balaban J connectivity index is 2.02. The van der Waals surface area contributed by atoms with Crippen LogP contribution in [0.3, 0.4) is 0 Å². The monoisotopic (exact) mass is 232 g/mol. The summed E-state index contributed by atoms with van der Waals surface area (Å²) in [5.41, 5.74) is 9.43. The fourth-order valence-electron chi connectivity index (χ4n) is 2.84. The number of nitrogen functional groups attached to an aromatic ring is 1. The van der Waals surface area contributed by atoms with Crippen LogP contribution in [0.4, 0.5) is 11.4 Å². The van der Waals surface area contributed by atoms with Crippen LogP contribution in [0.5, 0.6) is 0 Å². The zero-order valence-corrected chi connectivity index (χ0v) is 11.1. The summed E-state index contributed by atoms with van der Waals surface area (Å²) in [6.07, 6.45) is 5.38. The summed E-state index contributed by atoms with van der Waals surface area (Å²) in [7, 11) is 0. The van der Waals surface area contributed by atoms with Crippen molar-refractivity contribution in [3.8, 4) is 0 Å². The van der Waals surface area contributed by atoms with Gasteiger partial charge in [0.05, 0.1) is 0 Å². The summed E-state index contributed by atoms with van der Waals surface area (Å²) >= 11 is 0. The lowest BCUT2D eigenvalue weighted by molar-refractivity contribution is 0.378. The topological polar surface area (TPSA) is 29.3 Å². The van der Waals surface area contributed by atoms with Crippen molar-refractivity contribution < 1.29 is 0 Å². The Morgan fingerprint density at radius 3 is 2.65 bits per heavy atom. The summed E-state index contributed by atoms with van der Waals surface area (Å²) in [6, 6.07) is 6.24. The van der Waals surface area contributed by atoms with E-state index in [1.54, 1.807) is 0 Å². The average molecular weight is 232 g/mol. The van der Waals surface area contributed by atoms with Crippen molar-refractivity contribution in [2.45, 2.75) is 39.5 Å². The number of hydrogen-bond donors (Lipinski definition) is 1. The van der Waals surface area contributed by atoms with Gasteiger partial charge in [-0.05, 0) is 43.4 Å². The number of aryl methyl sites for hydroxylation is 1. The van der Waals surface area contributed by atoms with Crippen molar-refractivity contribution in [1.82, 2.24) is 0 Å². The predicted octanol–water partition coefficient (Wildman–Crippen LogP) is 3.59. The van der Waals surface area contributed by atoms with Gasteiger partial charge in [0.15, 0.2) is 0 Å². The third-order valence-electron chi connectivity index (χ3n) is 3.89. The van der Waals surface area contributed by atoms with Crippen molar-refractivity contribution in [3.05, 3.63) is 23.8 Å². The van der Waals surface area contributed by atoms with Crippen LogP contribution in [0.1, 0.15) is 38.2 Å². The van der Waals surface area contributed by atoms with Crippen molar-refractivity contribution in [1.29, 1.82) is 0 Å². The smallest absolute Gasteiger partial charge is 0.0416 e. The molecule has 1 aliphatic rings. The highest BCUT2D eigenvalue weighted by Gasteiger charge is 2.19. The van der Waals surface area contributed by atoms with Gasteiger partial charge in [-0.1, -0.05) is 25.8 Å². The van der Waals surface area contributed by atoms with Gasteiger partial charge in [0.1, 0.15) is 0 Å². The van der Waals surface area contributed by atoms with E-state index < -0.39 is 0 Å². The van der Waals surface area contributed by atoms with E-state index in [9.17, 15) is 0 Å². The summed E-state index contributed by atoms with van der Waals surface area (Å²) in [5, 5.41) is 0. The molecule has 1 aliphatic heterocycles. The lowest BCUT2D eigenvalue weighted by Crippen LogP contribution is -2.34. The van der Waals surface area contributed by atoms with Crippen molar-refractivity contribution >= 4 is 11.4 Å². The lowest BCUT2D eigenvalue weighted by atomic mass is 9.92. The molecule has 0 aliphatic carbocycles. The molecule has 0 saturated carbocycles. The molecule has 1 aromatic rings. The van der Waals surface area contributed by atoms with Crippen LogP contribution >= 0.6 is 0 Å². The summed E-state index contributed by atoms with van der Waals surface area (Å²) in [5.74, 6) is 0.942. The van der Waals surface area contributed by atoms with E-state index in [0.29, 0.717) is 0 Å². The van der Waals surface area contributed by atoms with Gasteiger partial charge in [-0.3, -0.25) is 0 Å². The fourth-order valence-corrected chi connectivity index (χ4v) is 2.84. The molecule has 0 aromatic heterocycles. The first-order valence-corrected chi connectivity index (χ1v) is 6.81. The number of benzene rings is 1. The molecule has 1 fully saturated rings. The zero-order chi connectivity index (χ0) is 12.3. The van der Waals surface area contributed by atoms with Gasteiger partial charge in [-0.2, -0.15) is 0 Å². The fraction of sp³-hybridized carbons (Fsp3) is 0.600. The molecule has 2 heteroatoms. The molecule has 1 heterocycles. The van der Waals surface area contributed by atoms with Gasteiger partial charge >= 0.3 is 0 Å². The molecule has 0 atom stereocenters. The second kappa shape index (κ2) is 5.44. The average Bonchev–Trinajstić information content (AvgIpc) is 2.34. The molecule has 1 saturated heterocycles. The Kier molecular flexibility index (Phi) is 3.93. The number of anilines is 2. The number of piperidine rings is 1. The quantitative estimate of drug-likeness (QED) is 0.807. The molecule has 2 nitrogen and oxygen atoms in total. The number of nitrogens with zero attached hydrogens (tertiary/aromatic N) is 1. The summed E-state index contributed by atoms with van der Waals surface area (Å²) in [4.78, 5) is 2.50. The minimum absolute atomic E-state index is 0.876. The van der Waals surface area contributed by atoms with Gasteiger partial charge in [0.2, 0.25) is 0 Å². The highest BCUT2D eigenvalue weighted by Crippen LogP contribution is 2.29. The Morgan fingerprint density at radius 1 is 1.29 bits per heavy atom. The zero-order valence-electron chi connectivity index (χ0n) is 11.1.